The minimum Gasteiger partial charge on any atom is -0.310 e. The zero-order valence-corrected chi connectivity index (χ0v) is 12.7. The molecule has 2 unspecified atom stereocenters. The molecule has 1 aliphatic carbocycles. The molecule has 0 aliphatic heterocycles. The van der Waals surface area contributed by atoms with Crippen molar-refractivity contribution < 1.29 is 8.78 Å². The fourth-order valence-electron chi connectivity index (χ4n) is 3.58. The number of benzene rings is 1. The Morgan fingerprint density at radius 3 is 2.65 bits per heavy atom. The summed E-state index contributed by atoms with van der Waals surface area (Å²) in [6.07, 6.45) is 4.71. The van der Waals surface area contributed by atoms with Crippen molar-refractivity contribution in [1.82, 2.24) is 5.32 Å². The SMILES string of the molecule is CCNC(c1ccc(F)cc1F)C1CCCCC1(C)C. The van der Waals surface area contributed by atoms with Gasteiger partial charge in [0.25, 0.3) is 0 Å². The number of halogens is 2. The Kier molecular flexibility index (Phi) is 4.79. The van der Waals surface area contributed by atoms with Crippen molar-refractivity contribution in [3.05, 3.63) is 35.4 Å². The van der Waals surface area contributed by atoms with E-state index in [4.69, 9.17) is 0 Å². The van der Waals surface area contributed by atoms with E-state index in [1.807, 2.05) is 6.92 Å². The average Bonchev–Trinajstić information content (AvgIpc) is 2.37. The topological polar surface area (TPSA) is 12.0 Å². The molecule has 20 heavy (non-hydrogen) atoms. The van der Waals surface area contributed by atoms with Crippen LogP contribution in [0.3, 0.4) is 0 Å². The average molecular weight is 281 g/mol. The number of rotatable bonds is 4. The van der Waals surface area contributed by atoms with Crippen molar-refractivity contribution in [2.24, 2.45) is 11.3 Å². The Morgan fingerprint density at radius 2 is 2.05 bits per heavy atom. The quantitative estimate of drug-likeness (QED) is 0.833. The van der Waals surface area contributed by atoms with Crippen LogP contribution in [0.5, 0.6) is 0 Å². The molecule has 0 radical (unpaired) electrons. The predicted molar refractivity (Wildman–Crippen MR) is 78.5 cm³/mol. The molecule has 1 saturated carbocycles. The van der Waals surface area contributed by atoms with Crippen molar-refractivity contribution in [2.45, 2.75) is 52.5 Å². The Balaban J connectivity index is 2.34. The molecule has 1 aromatic rings. The van der Waals surface area contributed by atoms with E-state index in [-0.39, 0.29) is 11.5 Å². The highest BCUT2D eigenvalue weighted by molar-refractivity contribution is 5.23. The van der Waals surface area contributed by atoms with Crippen LogP contribution in [0.25, 0.3) is 0 Å². The van der Waals surface area contributed by atoms with Gasteiger partial charge in [-0.25, -0.2) is 8.78 Å². The second-order valence-corrected chi connectivity index (χ2v) is 6.54. The zero-order valence-electron chi connectivity index (χ0n) is 12.7. The maximum absolute atomic E-state index is 14.2. The minimum absolute atomic E-state index is 0.0316. The molecule has 0 heterocycles. The van der Waals surface area contributed by atoms with Gasteiger partial charge in [0.1, 0.15) is 11.6 Å². The van der Waals surface area contributed by atoms with Gasteiger partial charge >= 0.3 is 0 Å². The highest BCUT2D eigenvalue weighted by Gasteiger charge is 2.38. The first-order valence-corrected chi connectivity index (χ1v) is 7.64. The monoisotopic (exact) mass is 281 g/mol. The third kappa shape index (κ3) is 3.20. The second kappa shape index (κ2) is 6.21. The molecule has 0 bridgehead atoms. The highest BCUT2D eigenvalue weighted by atomic mass is 19.1. The zero-order chi connectivity index (χ0) is 14.8. The van der Waals surface area contributed by atoms with Gasteiger partial charge in [-0.15, -0.1) is 0 Å². The first kappa shape index (κ1) is 15.4. The van der Waals surface area contributed by atoms with Gasteiger partial charge in [-0.1, -0.05) is 39.7 Å². The number of nitrogens with one attached hydrogen (secondary N) is 1. The van der Waals surface area contributed by atoms with Crippen LogP contribution in [0.1, 0.15) is 58.1 Å². The molecule has 3 heteroatoms. The Labute approximate surface area is 120 Å². The molecule has 1 aromatic carbocycles. The molecule has 0 saturated heterocycles. The third-order valence-corrected chi connectivity index (χ3v) is 4.71. The van der Waals surface area contributed by atoms with Crippen LogP contribution in [-0.2, 0) is 0 Å². The van der Waals surface area contributed by atoms with Gasteiger partial charge in [0, 0.05) is 17.7 Å². The summed E-state index contributed by atoms with van der Waals surface area (Å²) in [5.74, 6) is -0.558. The summed E-state index contributed by atoms with van der Waals surface area (Å²) >= 11 is 0. The minimum atomic E-state index is -0.510. The molecule has 2 rings (SSSR count). The number of hydrogen-bond acceptors (Lipinski definition) is 1. The molecule has 0 amide bonds. The van der Waals surface area contributed by atoms with Crippen LogP contribution in [0.15, 0.2) is 18.2 Å². The van der Waals surface area contributed by atoms with Crippen LogP contribution in [0, 0.1) is 23.0 Å². The van der Waals surface area contributed by atoms with E-state index in [1.54, 1.807) is 6.07 Å². The summed E-state index contributed by atoms with van der Waals surface area (Å²) in [7, 11) is 0. The summed E-state index contributed by atoms with van der Waals surface area (Å²) in [5, 5.41) is 3.42. The highest BCUT2D eigenvalue weighted by Crippen LogP contribution is 2.47. The first-order chi connectivity index (χ1) is 9.45. The maximum atomic E-state index is 14.2. The van der Waals surface area contributed by atoms with E-state index in [9.17, 15) is 8.78 Å². The van der Waals surface area contributed by atoms with E-state index < -0.39 is 11.6 Å². The van der Waals surface area contributed by atoms with Crippen molar-refractivity contribution in [3.63, 3.8) is 0 Å². The van der Waals surface area contributed by atoms with Crippen molar-refractivity contribution >= 4 is 0 Å². The molecule has 1 fully saturated rings. The Hall–Kier alpha value is -0.960. The van der Waals surface area contributed by atoms with Gasteiger partial charge in [0.05, 0.1) is 0 Å². The smallest absolute Gasteiger partial charge is 0.130 e. The van der Waals surface area contributed by atoms with Crippen molar-refractivity contribution in [3.8, 4) is 0 Å². The normalized spacial score (nSPS) is 23.6. The molecule has 112 valence electrons. The van der Waals surface area contributed by atoms with E-state index >= 15 is 0 Å². The van der Waals surface area contributed by atoms with Gasteiger partial charge in [0.15, 0.2) is 0 Å². The van der Waals surface area contributed by atoms with Crippen LogP contribution in [-0.4, -0.2) is 6.54 Å². The molecule has 1 N–H and O–H groups in total. The lowest BCUT2D eigenvalue weighted by atomic mass is 9.64. The summed E-state index contributed by atoms with van der Waals surface area (Å²) in [6, 6.07) is 3.92. The van der Waals surface area contributed by atoms with E-state index in [0.717, 1.165) is 19.0 Å². The fraction of sp³-hybridized carbons (Fsp3) is 0.647. The van der Waals surface area contributed by atoms with Gasteiger partial charge in [-0.05, 0) is 36.8 Å². The summed E-state index contributed by atoms with van der Waals surface area (Å²) in [5.41, 5.74) is 0.791. The molecule has 0 aromatic heterocycles. The molecule has 0 spiro atoms. The van der Waals surface area contributed by atoms with Crippen LogP contribution in [0.4, 0.5) is 8.78 Å². The van der Waals surface area contributed by atoms with Crippen LogP contribution >= 0.6 is 0 Å². The summed E-state index contributed by atoms with van der Waals surface area (Å²) in [4.78, 5) is 0. The molecule has 2 atom stereocenters. The van der Waals surface area contributed by atoms with Gasteiger partial charge in [0.2, 0.25) is 0 Å². The van der Waals surface area contributed by atoms with Gasteiger partial charge in [-0.3, -0.25) is 0 Å². The predicted octanol–water partition coefficient (Wildman–Crippen LogP) is 4.83. The third-order valence-electron chi connectivity index (χ3n) is 4.71. The van der Waals surface area contributed by atoms with E-state index in [1.165, 1.54) is 25.3 Å². The lowest BCUT2D eigenvalue weighted by Crippen LogP contribution is -2.39. The molecule has 1 aliphatic rings. The Bertz CT molecular complexity index is 456. The lowest BCUT2D eigenvalue weighted by Gasteiger charge is -2.43. The molecular weight excluding hydrogens is 256 g/mol. The maximum Gasteiger partial charge on any atom is 0.130 e. The molecular formula is C17H25F2N. The van der Waals surface area contributed by atoms with Gasteiger partial charge < -0.3 is 5.32 Å². The van der Waals surface area contributed by atoms with Crippen molar-refractivity contribution in [2.75, 3.05) is 6.54 Å². The summed E-state index contributed by atoms with van der Waals surface area (Å²) in [6.45, 7) is 7.35. The largest absolute Gasteiger partial charge is 0.310 e. The van der Waals surface area contributed by atoms with Gasteiger partial charge in [-0.2, -0.15) is 0 Å². The standard InChI is InChI=1S/C17H25F2N/c1-4-20-16(13-9-8-12(18)11-15(13)19)14-7-5-6-10-17(14,2)3/h8-9,11,14,16,20H,4-7,10H2,1-3H3. The summed E-state index contributed by atoms with van der Waals surface area (Å²) < 4.78 is 27.3. The Morgan fingerprint density at radius 1 is 1.30 bits per heavy atom. The van der Waals surface area contributed by atoms with E-state index in [0.29, 0.717) is 11.5 Å². The van der Waals surface area contributed by atoms with E-state index in [2.05, 4.69) is 19.2 Å². The first-order valence-electron chi connectivity index (χ1n) is 7.64. The van der Waals surface area contributed by atoms with Crippen LogP contribution < -0.4 is 5.32 Å². The van der Waals surface area contributed by atoms with Crippen LogP contribution in [0.2, 0.25) is 0 Å². The fourth-order valence-corrected chi connectivity index (χ4v) is 3.58. The molecule has 1 nitrogen and oxygen atoms in total. The second-order valence-electron chi connectivity index (χ2n) is 6.54. The lowest BCUT2D eigenvalue weighted by molar-refractivity contribution is 0.0974. The number of hydrogen-bond donors (Lipinski definition) is 1. The van der Waals surface area contributed by atoms with Crippen molar-refractivity contribution in [1.29, 1.82) is 0 Å².